The Bertz CT molecular complexity index is 882. The number of aryl methyl sites for hydroxylation is 1. The molecule has 23 heavy (non-hydrogen) atoms. The van der Waals surface area contributed by atoms with Crippen LogP contribution in [0.15, 0.2) is 42.5 Å². The summed E-state index contributed by atoms with van der Waals surface area (Å²) in [7, 11) is 0. The molecule has 2 heterocycles. The number of aromatic nitrogens is 1. The largest absolute Gasteiger partial charge is 0.358 e. The van der Waals surface area contributed by atoms with Gasteiger partial charge in [-0.3, -0.25) is 0 Å². The topological polar surface area (TPSA) is 14.2 Å². The number of allylic oxidation sites excluding steroid dienone is 1. The van der Waals surface area contributed by atoms with Crippen LogP contribution in [-0.2, 0) is 4.74 Å². The van der Waals surface area contributed by atoms with Crippen molar-refractivity contribution < 1.29 is 4.74 Å². The zero-order valence-corrected chi connectivity index (χ0v) is 13.9. The Morgan fingerprint density at radius 1 is 1.04 bits per heavy atom. The number of fused-ring (bicyclic) bond motifs is 3. The van der Waals surface area contributed by atoms with Gasteiger partial charge in [0, 0.05) is 17.4 Å². The molecule has 1 aliphatic heterocycles. The molecular formula is C21H23NO. The van der Waals surface area contributed by atoms with E-state index in [1.165, 1.54) is 45.8 Å². The molecule has 3 aromatic rings. The first-order valence-corrected chi connectivity index (χ1v) is 8.56. The summed E-state index contributed by atoms with van der Waals surface area (Å²) in [5.41, 5.74) is 5.13. The molecule has 1 fully saturated rings. The molecule has 2 aromatic carbocycles. The zero-order chi connectivity index (χ0) is 15.8. The number of benzene rings is 2. The Balaban J connectivity index is 2.03. The van der Waals surface area contributed by atoms with Crippen LogP contribution in [0.4, 0.5) is 0 Å². The summed E-state index contributed by atoms with van der Waals surface area (Å²) >= 11 is 0. The summed E-state index contributed by atoms with van der Waals surface area (Å²) in [5.74, 6) is 0. The lowest BCUT2D eigenvalue weighted by Gasteiger charge is -2.26. The Labute approximate surface area is 137 Å². The average Bonchev–Trinajstić information content (AvgIpc) is 2.88. The fourth-order valence-electron chi connectivity index (χ4n) is 3.71. The quantitative estimate of drug-likeness (QED) is 0.580. The van der Waals surface area contributed by atoms with E-state index in [-0.39, 0.29) is 6.23 Å². The van der Waals surface area contributed by atoms with Crippen LogP contribution >= 0.6 is 0 Å². The summed E-state index contributed by atoms with van der Waals surface area (Å²) in [5, 5.41) is 2.65. The molecule has 0 N–H and O–H groups in total. The predicted octanol–water partition coefficient (Wildman–Crippen LogP) is 5.84. The second-order valence-electron chi connectivity index (χ2n) is 6.49. The van der Waals surface area contributed by atoms with Gasteiger partial charge in [-0.1, -0.05) is 36.4 Å². The lowest BCUT2D eigenvalue weighted by atomic mass is 10.1. The Hall–Kier alpha value is -2.06. The molecule has 4 rings (SSSR count). The van der Waals surface area contributed by atoms with Crippen LogP contribution < -0.4 is 0 Å². The normalized spacial score (nSPS) is 19.1. The maximum atomic E-state index is 6.12. The van der Waals surface area contributed by atoms with Crippen molar-refractivity contribution in [1.82, 2.24) is 4.57 Å². The van der Waals surface area contributed by atoms with Gasteiger partial charge in [0.05, 0.1) is 11.0 Å². The fourth-order valence-corrected chi connectivity index (χ4v) is 3.71. The second-order valence-corrected chi connectivity index (χ2v) is 6.49. The van der Waals surface area contributed by atoms with Gasteiger partial charge >= 0.3 is 0 Å². The van der Waals surface area contributed by atoms with E-state index >= 15 is 0 Å². The molecule has 1 saturated heterocycles. The highest BCUT2D eigenvalue weighted by atomic mass is 16.5. The minimum absolute atomic E-state index is 0.159. The van der Waals surface area contributed by atoms with E-state index in [0.717, 1.165) is 13.0 Å². The summed E-state index contributed by atoms with van der Waals surface area (Å²) in [6.45, 7) is 5.09. The van der Waals surface area contributed by atoms with Crippen molar-refractivity contribution in [2.75, 3.05) is 6.61 Å². The van der Waals surface area contributed by atoms with E-state index in [1.807, 2.05) is 0 Å². The molecule has 2 heteroatoms. The Morgan fingerprint density at radius 3 is 2.57 bits per heavy atom. The van der Waals surface area contributed by atoms with E-state index in [4.69, 9.17) is 4.74 Å². The van der Waals surface area contributed by atoms with Crippen LogP contribution in [0.1, 0.15) is 43.5 Å². The summed E-state index contributed by atoms with van der Waals surface area (Å²) in [4.78, 5) is 0. The first kappa shape index (κ1) is 14.5. The monoisotopic (exact) mass is 305 g/mol. The van der Waals surface area contributed by atoms with Crippen molar-refractivity contribution >= 4 is 27.9 Å². The minimum Gasteiger partial charge on any atom is -0.358 e. The van der Waals surface area contributed by atoms with Gasteiger partial charge in [0.2, 0.25) is 0 Å². The highest BCUT2D eigenvalue weighted by Crippen LogP contribution is 2.36. The zero-order valence-electron chi connectivity index (χ0n) is 13.9. The maximum Gasteiger partial charge on any atom is 0.134 e. The van der Waals surface area contributed by atoms with Crippen LogP contribution in [0.25, 0.3) is 27.9 Å². The van der Waals surface area contributed by atoms with Crippen LogP contribution in [0, 0.1) is 6.92 Å². The maximum absolute atomic E-state index is 6.12. The van der Waals surface area contributed by atoms with Gasteiger partial charge in [-0.25, -0.2) is 0 Å². The van der Waals surface area contributed by atoms with Crippen LogP contribution in [0.2, 0.25) is 0 Å². The van der Waals surface area contributed by atoms with E-state index in [1.54, 1.807) is 0 Å². The van der Waals surface area contributed by atoms with E-state index < -0.39 is 0 Å². The van der Waals surface area contributed by atoms with E-state index in [0.29, 0.717) is 0 Å². The number of hydrogen-bond donors (Lipinski definition) is 0. The smallest absolute Gasteiger partial charge is 0.134 e. The number of nitrogens with zero attached hydrogens (tertiary/aromatic N) is 1. The molecule has 0 radical (unpaired) electrons. The molecule has 0 bridgehead atoms. The highest BCUT2D eigenvalue weighted by Gasteiger charge is 2.21. The summed E-state index contributed by atoms with van der Waals surface area (Å²) < 4.78 is 8.54. The van der Waals surface area contributed by atoms with Crippen molar-refractivity contribution in [2.45, 2.75) is 39.3 Å². The molecule has 1 atom stereocenters. The standard InChI is InChI=1S/C21H23NO/c1-3-6-16-9-11-18-17-10-8-15(2)13-19(17)22(20(18)14-16)21-7-4-5-12-23-21/h3,6,8-11,13-14,21H,4-5,7,12H2,1-2H3/b6-3+. The first-order valence-electron chi connectivity index (χ1n) is 8.56. The van der Waals surface area contributed by atoms with Crippen molar-refractivity contribution in [2.24, 2.45) is 0 Å². The van der Waals surface area contributed by atoms with Crippen LogP contribution in [0.3, 0.4) is 0 Å². The Kier molecular flexibility index (Phi) is 3.70. The Morgan fingerprint density at radius 2 is 1.83 bits per heavy atom. The third-order valence-corrected chi connectivity index (χ3v) is 4.79. The lowest BCUT2D eigenvalue weighted by molar-refractivity contribution is -0.0267. The molecule has 0 amide bonds. The van der Waals surface area contributed by atoms with Gasteiger partial charge in [0.25, 0.3) is 0 Å². The molecule has 0 aliphatic carbocycles. The molecule has 0 spiro atoms. The molecule has 1 unspecified atom stereocenters. The summed E-state index contributed by atoms with van der Waals surface area (Å²) in [6, 6.07) is 13.5. The van der Waals surface area contributed by atoms with Gasteiger partial charge in [-0.15, -0.1) is 0 Å². The molecule has 118 valence electrons. The van der Waals surface area contributed by atoms with Crippen molar-refractivity contribution in [3.05, 3.63) is 53.6 Å². The van der Waals surface area contributed by atoms with E-state index in [2.05, 4.69) is 67.0 Å². The van der Waals surface area contributed by atoms with Crippen LogP contribution in [0.5, 0.6) is 0 Å². The SMILES string of the molecule is C/C=C/c1ccc2c3ccc(C)cc3n(C3CCCCO3)c2c1. The number of hydrogen-bond acceptors (Lipinski definition) is 1. The lowest BCUT2D eigenvalue weighted by Crippen LogP contribution is -2.17. The highest BCUT2D eigenvalue weighted by molar-refractivity contribution is 6.08. The molecule has 1 aliphatic rings. The van der Waals surface area contributed by atoms with Crippen LogP contribution in [-0.4, -0.2) is 11.2 Å². The molecule has 0 saturated carbocycles. The van der Waals surface area contributed by atoms with Crippen molar-refractivity contribution in [1.29, 1.82) is 0 Å². The van der Waals surface area contributed by atoms with Gasteiger partial charge in [-0.2, -0.15) is 0 Å². The molecular weight excluding hydrogens is 282 g/mol. The third kappa shape index (κ3) is 2.47. The second kappa shape index (κ2) is 5.86. The molecule has 2 nitrogen and oxygen atoms in total. The number of ether oxygens (including phenoxy) is 1. The summed E-state index contributed by atoms with van der Waals surface area (Å²) in [6.07, 6.45) is 7.93. The molecule has 1 aromatic heterocycles. The van der Waals surface area contributed by atoms with Gasteiger partial charge < -0.3 is 9.30 Å². The average molecular weight is 305 g/mol. The van der Waals surface area contributed by atoms with Gasteiger partial charge in [0.1, 0.15) is 6.23 Å². The van der Waals surface area contributed by atoms with Crippen molar-refractivity contribution in [3.63, 3.8) is 0 Å². The first-order chi connectivity index (χ1) is 11.3. The minimum atomic E-state index is 0.159. The van der Waals surface area contributed by atoms with Crippen molar-refractivity contribution in [3.8, 4) is 0 Å². The predicted molar refractivity (Wildman–Crippen MR) is 97.7 cm³/mol. The van der Waals surface area contributed by atoms with E-state index in [9.17, 15) is 0 Å². The van der Waals surface area contributed by atoms with Gasteiger partial charge in [0.15, 0.2) is 0 Å². The van der Waals surface area contributed by atoms with Gasteiger partial charge in [-0.05, 0) is 56.4 Å². The fraction of sp³-hybridized carbons (Fsp3) is 0.333. The third-order valence-electron chi connectivity index (χ3n) is 4.79. The number of rotatable bonds is 2.